The van der Waals surface area contributed by atoms with E-state index in [1.54, 1.807) is 0 Å². The van der Waals surface area contributed by atoms with Gasteiger partial charge in [-0.1, -0.05) is 344 Å². The van der Waals surface area contributed by atoms with Crippen LogP contribution >= 0.6 is 15.6 Å². The molecule has 0 saturated heterocycles. The summed E-state index contributed by atoms with van der Waals surface area (Å²) in [5.41, 5.74) is 0. The van der Waals surface area contributed by atoms with Crippen LogP contribution in [0.4, 0.5) is 0 Å². The second-order valence-corrected chi connectivity index (χ2v) is 32.4. The average Bonchev–Trinajstić information content (AvgIpc) is 1.20. The van der Waals surface area contributed by atoms with Crippen LogP contribution in [0.25, 0.3) is 0 Å². The maximum absolute atomic E-state index is 13.1. The van der Waals surface area contributed by atoms with E-state index in [2.05, 4.69) is 55.4 Å². The van der Waals surface area contributed by atoms with Crippen LogP contribution in [0.1, 0.15) is 396 Å². The molecule has 0 aliphatic carbocycles. The highest BCUT2D eigenvalue weighted by Crippen LogP contribution is 2.45. The van der Waals surface area contributed by atoms with Crippen molar-refractivity contribution in [1.29, 1.82) is 0 Å². The maximum atomic E-state index is 13.1. The molecule has 0 aromatic rings. The van der Waals surface area contributed by atoms with Gasteiger partial charge in [-0.05, 0) is 49.4 Å². The van der Waals surface area contributed by atoms with Crippen molar-refractivity contribution in [3.05, 3.63) is 0 Å². The maximum Gasteiger partial charge on any atom is 0.472 e. The Bertz CT molecular complexity index is 1910. The van der Waals surface area contributed by atoms with Gasteiger partial charge in [-0.15, -0.1) is 0 Å². The van der Waals surface area contributed by atoms with Crippen molar-refractivity contribution in [2.75, 3.05) is 39.6 Å². The molecule has 3 N–H and O–H groups in total. The van der Waals surface area contributed by atoms with Gasteiger partial charge in [-0.3, -0.25) is 37.3 Å². The van der Waals surface area contributed by atoms with Crippen LogP contribution in [0, 0.1) is 23.7 Å². The fourth-order valence-corrected chi connectivity index (χ4v) is 13.4. The zero-order valence-electron chi connectivity index (χ0n) is 63.7. The third kappa shape index (κ3) is 69.5. The molecule has 0 saturated carbocycles. The number of hydrogen-bond donors (Lipinski definition) is 3. The van der Waals surface area contributed by atoms with Gasteiger partial charge in [0.1, 0.15) is 19.3 Å². The van der Waals surface area contributed by atoms with Crippen LogP contribution < -0.4 is 0 Å². The normalized spacial score (nSPS) is 14.6. The molecule has 4 unspecified atom stereocenters. The highest BCUT2D eigenvalue weighted by atomic mass is 31.2. The van der Waals surface area contributed by atoms with Crippen molar-refractivity contribution in [2.24, 2.45) is 23.7 Å². The fourth-order valence-electron chi connectivity index (χ4n) is 11.8. The summed E-state index contributed by atoms with van der Waals surface area (Å²) in [6.07, 6.45) is 53.0. The molecule has 0 aromatic heterocycles. The van der Waals surface area contributed by atoms with E-state index in [-0.39, 0.29) is 25.7 Å². The summed E-state index contributed by atoms with van der Waals surface area (Å²) in [5, 5.41) is 10.6. The van der Waals surface area contributed by atoms with E-state index < -0.39 is 97.5 Å². The fraction of sp³-hybridized carbons (Fsp3) is 0.949. The van der Waals surface area contributed by atoms with Crippen LogP contribution in [0.3, 0.4) is 0 Å². The summed E-state index contributed by atoms with van der Waals surface area (Å²) in [6, 6.07) is 0. The highest BCUT2D eigenvalue weighted by Gasteiger charge is 2.30. The molecular formula is C78H152O17P2. The molecule has 0 rings (SSSR count). The second-order valence-electron chi connectivity index (χ2n) is 29.5. The Labute approximate surface area is 594 Å². The molecule has 0 amide bonds. The Morgan fingerprint density at radius 2 is 0.495 bits per heavy atom. The van der Waals surface area contributed by atoms with Gasteiger partial charge in [-0.2, -0.15) is 0 Å². The summed E-state index contributed by atoms with van der Waals surface area (Å²) in [7, 11) is -9.91. The van der Waals surface area contributed by atoms with Crippen LogP contribution in [-0.2, 0) is 65.4 Å². The Hall–Kier alpha value is -1.94. The van der Waals surface area contributed by atoms with Gasteiger partial charge in [0.05, 0.1) is 26.4 Å². The van der Waals surface area contributed by atoms with Gasteiger partial charge in [0.15, 0.2) is 12.2 Å². The number of carbonyl (C=O) groups is 4. The second kappa shape index (κ2) is 67.2. The number of phosphoric ester groups is 2. The number of phosphoric acid groups is 2. The molecule has 0 fully saturated rings. The first-order valence-corrected chi connectivity index (χ1v) is 43.3. The third-order valence-electron chi connectivity index (χ3n) is 18.8. The lowest BCUT2D eigenvalue weighted by Crippen LogP contribution is -2.30. The number of unbranched alkanes of at least 4 members (excludes halogenated alkanes) is 39. The molecule has 19 heteroatoms. The number of aliphatic hydroxyl groups excluding tert-OH is 1. The molecule has 0 radical (unpaired) electrons. The van der Waals surface area contributed by atoms with E-state index in [4.69, 9.17) is 37.0 Å². The minimum Gasteiger partial charge on any atom is -0.462 e. The number of aliphatic hydroxyl groups is 1. The van der Waals surface area contributed by atoms with Crippen molar-refractivity contribution in [2.45, 2.75) is 414 Å². The highest BCUT2D eigenvalue weighted by molar-refractivity contribution is 7.47. The van der Waals surface area contributed by atoms with Gasteiger partial charge >= 0.3 is 39.5 Å². The number of esters is 4. The summed E-state index contributed by atoms with van der Waals surface area (Å²) >= 11 is 0. The minimum atomic E-state index is -4.96. The Morgan fingerprint density at radius 1 is 0.289 bits per heavy atom. The van der Waals surface area contributed by atoms with Gasteiger partial charge in [-0.25, -0.2) is 9.13 Å². The smallest absolute Gasteiger partial charge is 0.462 e. The largest absolute Gasteiger partial charge is 0.472 e. The molecule has 0 spiro atoms. The topological polar surface area (TPSA) is 237 Å². The van der Waals surface area contributed by atoms with E-state index in [1.165, 1.54) is 193 Å². The van der Waals surface area contributed by atoms with Gasteiger partial charge in [0.25, 0.3) is 0 Å². The van der Waals surface area contributed by atoms with Crippen LogP contribution in [0.15, 0.2) is 0 Å². The molecule has 0 aliphatic heterocycles. The molecule has 97 heavy (non-hydrogen) atoms. The number of carbonyl (C=O) groups excluding carboxylic acids is 4. The van der Waals surface area contributed by atoms with E-state index >= 15 is 0 Å². The summed E-state index contributed by atoms with van der Waals surface area (Å²) in [5.74, 6) is 0.937. The number of hydrogen-bond acceptors (Lipinski definition) is 15. The van der Waals surface area contributed by atoms with Crippen LogP contribution in [-0.4, -0.2) is 96.7 Å². The molecule has 0 aromatic carbocycles. The molecule has 17 nitrogen and oxygen atoms in total. The first kappa shape index (κ1) is 95.1. The van der Waals surface area contributed by atoms with E-state index in [0.717, 1.165) is 114 Å². The first-order chi connectivity index (χ1) is 46.7. The zero-order valence-corrected chi connectivity index (χ0v) is 65.5. The SMILES string of the molecule is CCC(C)CCCCCCCCCCCCCCCCCCCCC(=O)O[C@H](COC(=O)CCCCCCCCC(C)C)COP(=O)(O)OC[C@H](O)COP(=O)(O)OC[C@@H](COC(=O)CCCCCCCCCCCCCCCC(C)C)OC(=O)CCCCCCCCC(C)CC. The van der Waals surface area contributed by atoms with Crippen LogP contribution in [0.2, 0.25) is 0 Å². The Morgan fingerprint density at radius 3 is 0.732 bits per heavy atom. The van der Waals surface area contributed by atoms with E-state index in [1.807, 2.05) is 0 Å². The third-order valence-corrected chi connectivity index (χ3v) is 20.7. The molecule has 0 heterocycles. The first-order valence-electron chi connectivity index (χ1n) is 40.3. The molecular weight excluding hydrogens is 1270 g/mol. The lowest BCUT2D eigenvalue weighted by Gasteiger charge is -2.21. The number of rotatable bonds is 75. The van der Waals surface area contributed by atoms with Crippen molar-refractivity contribution in [3.63, 3.8) is 0 Å². The Kier molecular flexibility index (Phi) is 65.9. The molecule has 0 bridgehead atoms. The van der Waals surface area contributed by atoms with E-state index in [0.29, 0.717) is 31.6 Å². The average molecular weight is 1420 g/mol. The van der Waals surface area contributed by atoms with Crippen molar-refractivity contribution in [3.8, 4) is 0 Å². The van der Waals surface area contributed by atoms with Gasteiger partial charge in [0.2, 0.25) is 0 Å². The molecule has 7 atom stereocenters. The predicted octanol–water partition coefficient (Wildman–Crippen LogP) is 22.8. The lowest BCUT2D eigenvalue weighted by molar-refractivity contribution is -0.161. The van der Waals surface area contributed by atoms with Crippen LogP contribution in [0.5, 0.6) is 0 Å². The molecule has 0 aliphatic rings. The lowest BCUT2D eigenvalue weighted by atomic mass is 9.99. The summed E-state index contributed by atoms with van der Waals surface area (Å²) in [4.78, 5) is 72.8. The number of ether oxygens (including phenoxy) is 4. The monoisotopic (exact) mass is 1420 g/mol. The van der Waals surface area contributed by atoms with E-state index in [9.17, 15) is 43.2 Å². The van der Waals surface area contributed by atoms with Gasteiger partial charge in [0, 0.05) is 25.7 Å². The van der Waals surface area contributed by atoms with Crippen molar-refractivity contribution >= 4 is 39.5 Å². The quantitative estimate of drug-likeness (QED) is 0.0222. The zero-order chi connectivity index (χ0) is 71.7. The summed E-state index contributed by atoms with van der Waals surface area (Å²) in [6.45, 7) is 14.2. The molecule has 576 valence electrons. The summed E-state index contributed by atoms with van der Waals surface area (Å²) < 4.78 is 68.5. The van der Waals surface area contributed by atoms with Crippen molar-refractivity contribution in [1.82, 2.24) is 0 Å². The standard InChI is InChI=1S/C78H152O17P2/c1-9-70(7)56-48-40-31-27-23-19-15-13-11-12-14-16-20-25-29-33-44-52-60-77(82)94-73(65-89-76(81)59-51-43-36-34-39-47-55-69(5)6)66-92-96(84,85)90-62-72(79)63-91-97(86,87)93-67-74(95-78(83)61-53-45-37-35-41-49-57-71(8)10-2)64-88-75(80)58-50-42-32-28-24-21-17-18-22-26-30-38-46-54-68(3)4/h68-74,79H,9-67H2,1-8H3,(H,84,85)(H,86,87)/t70?,71?,72-,73+,74+/m0/s1. The van der Waals surface area contributed by atoms with Gasteiger partial charge < -0.3 is 33.8 Å². The van der Waals surface area contributed by atoms with Crippen molar-refractivity contribution < 1.29 is 80.2 Å². The Balaban J connectivity index is 5.13. The minimum absolute atomic E-state index is 0.103. The predicted molar refractivity (Wildman–Crippen MR) is 395 cm³/mol.